The topological polar surface area (TPSA) is 123 Å². The van der Waals surface area contributed by atoms with E-state index >= 15 is 0 Å². The molecule has 0 aromatic carbocycles. The lowest BCUT2D eigenvalue weighted by Crippen LogP contribution is -2.18. The second-order valence-corrected chi connectivity index (χ2v) is 16.3. The Balaban J connectivity index is 3.06. The predicted octanol–water partition coefficient (Wildman–Crippen LogP) is 11.6. The predicted molar refractivity (Wildman–Crippen MR) is 233 cm³/mol. The van der Waals surface area contributed by atoms with Crippen LogP contribution in [0.3, 0.4) is 0 Å². The highest BCUT2D eigenvalue weighted by Gasteiger charge is 2.00. The third kappa shape index (κ3) is 50.8. The molecule has 8 heteroatoms. The molecule has 0 saturated carbocycles. The highest BCUT2D eigenvalue weighted by atomic mass is 16.4. The van der Waals surface area contributed by atoms with Crippen molar-refractivity contribution < 1.29 is 19.8 Å². The Bertz CT molecular complexity index is 682. The summed E-state index contributed by atoms with van der Waals surface area (Å²) in [6, 6.07) is 0. The van der Waals surface area contributed by atoms with Crippen molar-refractivity contribution in [2.75, 3.05) is 52.4 Å². The molecule has 8 nitrogen and oxygen atoms in total. The first-order chi connectivity index (χ1) is 26.6. The summed E-state index contributed by atoms with van der Waals surface area (Å²) in [4.78, 5) is 21.0. The Labute approximate surface area is 335 Å². The van der Waals surface area contributed by atoms with Gasteiger partial charge in [0.15, 0.2) is 0 Å². The van der Waals surface area contributed by atoms with E-state index in [1.165, 1.54) is 225 Å². The fourth-order valence-electron chi connectivity index (χ4n) is 7.30. The molecule has 0 bridgehead atoms. The van der Waals surface area contributed by atoms with Crippen LogP contribution in [-0.4, -0.2) is 74.5 Å². The third-order valence-corrected chi connectivity index (χ3v) is 10.9. The van der Waals surface area contributed by atoms with Crippen molar-refractivity contribution in [3.05, 3.63) is 0 Å². The molecule has 322 valence electrons. The van der Waals surface area contributed by atoms with Crippen LogP contribution in [0.5, 0.6) is 0 Å². The van der Waals surface area contributed by atoms with Gasteiger partial charge in [-0.15, -0.1) is 0 Å². The average Bonchev–Trinajstić information content (AvgIpc) is 3.15. The molecular weight excluding hydrogens is 673 g/mol. The molecule has 0 amide bonds. The summed E-state index contributed by atoms with van der Waals surface area (Å²) in [6.45, 7) is 9.26. The highest BCUT2D eigenvalue weighted by Crippen LogP contribution is 2.14. The molecule has 0 saturated heterocycles. The Morgan fingerprint density at radius 2 is 0.352 bits per heavy atom. The molecule has 0 unspecified atom stereocenters. The molecule has 0 aliphatic carbocycles. The molecule has 0 heterocycles. The van der Waals surface area contributed by atoms with E-state index in [0.29, 0.717) is 12.8 Å². The molecule has 0 spiro atoms. The standard InChI is InChI=1S/C46H94N4O4/c51-45(52)35-25-16-10-8-6-4-2-1-3-5-7-9-11-17-27-37-48-42-32-22-23-33-43-49-40-30-20-13-12-18-28-38-47-39-29-19-14-15-21-31-41-50-44-34-24-26-36-46(53)54/h47-50H,1-44H2,(H,51,52)(H,53,54). The van der Waals surface area contributed by atoms with Crippen molar-refractivity contribution in [3.8, 4) is 0 Å². The van der Waals surface area contributed by atoms with Crippen molar-refractivity contribution in [1.82, 2.24) is 21.3 Å². The van der Waals surface area contributed by atoms with Crippen LogP contribution in [0.4, 0.5) is 0 Å². The van der Waals surface area contributed by atoms with Crippen LogP contribution in [0.15, 0.2) is 0 Å². The minimum absolute atomic E-state index is 0.308. The van der Waals surface area contributed by atoms with Crippen molar-refractivity contribution in [2.24, 2.45) is 0 Å². The zero-order valence-electron chi connectivity index (χ0n) is 35.8. The van der Waals surface area contributed by atoms with Gasteiger partial charge in [-0.25, -0.2) is 0 Å². The first kappa shape index (κ1) is 52.8. The van der Waals surface area contributed by atoms with Crippen molar-refractivity contribution >= 4 is 11.9 Å². The Morgan fingerprint density at radius 3 is 0.519 bits per heavy atom. The second-order valence-electron chi connectivity index (χ2n) is 16.3. The van der Waals surface area contributed by atoms with Crippen LogP contribution in [0.25, 0.3) is 0 Å². The van der Waals surface area contributed by atoms with Gasteiger partial charge < -0.3 is 31.5 Å². The smallest absolute Gasteiger partial charge is 0.303 e. The van der Waals surface area contributed by atoms with Crippen molar-refractivity contribution in [3.63, 3.8) is 0 Å². The van der Waals surface area contributed by atoms with Gasteiger partial charge in [-0.1, -0.05) is 154 Å². The second kappa shape index (κ2) is 47.9. The van der Waals surface area contributed by atoms with Gasteiger partial charge in [0.1, 0.15) is 0 Å². The zero-order chi connectivity index (χ0) is 39.1. The lowest BCUT2D eigenvalue weighted by atomic mass is 10.0. The van der Waals surface area contributed by atoms with Gasteiger partial charge >= 0.3 is 11.9 Å². The number of hydrogen-bond acceptors (Lipinski definition) is 6. The maximum Gasteiger partial charge on any atom is 0.303 e. The summed E-state index contributed by atoms with van der Waals surface area (Å²) in [5.41, 5.74) is 0. The number of rotatable bonds is 49. The molecule has 0 aliphatic heterocycles. The third-order valence-electron chi connectivity index (χ3n) is 10.9. The molecule has 0 aromatic heterocycles. The van der Waals surface area contributed by atoms with Crippen molar-refractivity contribution in [1.29, 1.82) is 0 Å². The van der Waals surface area contributed by atoms with E-state index in [4.69, 9.17) is 10.2 Å². The summed E-state index contributed by atoms with van der Waals surface area (Å²) in [5.74, 6) is -1.33. The molecule has 6 N–H and O–H groups in total. The van der Waals surface area contributed by atoms with Crippen LogP contribution >= 0.6 is 0 Å². The Hall–Kier alpha value is -1.22. The molecule has 0 rings (SSSR count). The molecule has 0 aromatic rings. The number of carboxylic acids is 2. The first-order valence-electron chi connectivity index (χ1n) is 23.9. The molecule has 54 heavy (non-hydrogen) atoms. The first-order valence-corrected chi connectivity index (χ1v) is 23.9. The van der Waals surface area contributed by atoms with E-state index in [1.54, 1.807) is 0 Å². The number of nitrogens with one attached hydrogen (secondary N) is 4. The summed E-state index contributed by atoms with van der Waals surface area (Å²) >= 11 is 0. The van der Waals surface area contributed by atoms with E-state index in [-0.39, 0.29) is 0 Å². The van der Waals surface area contributed by atoms with Gasteiger partial charge in [-0.05, 0) is 117 Å². The highest BCUT2D eigenvalue weighted by molar-refractivity contribution is 5.66. The number of carboxylic acid groups (broad SMARTS) is 2. The molecule has 0 aliphatic rings. The van der Waals surface area contributed by atoms with E-state index in [2.05, 4.69) is 21.3 Å². The van der Waals surface area contributed by atoms with E-state index in [0.717, 1.165) is 45.2 Å². The number of unbranched alkanes of at least 4 members (excludes halogenated alkanes) is 29. The monoisotopic (exact) mass is 767 g/mol. The quantitative estimate of drug-likeness (QED) is 0.0338. The lowest BCUT2D eigenvalue weighted by Gasteiger charge is -2.07. The van der Waals surface area contributed by atoms with E-state index in [1.807, 2.05) is 0 Å². The molecule has 0 radical (unpaired) electrons. The zero-order valence-corrected chi connectivity index (χ0v) is 35.8. The number of carbonyl (C=O) groups is 2. The van der Waals surface area contributed by atoms with Crippen molar-refractivity contribution in [2.45, 2.75) is 231 Å². The lowest BCUT2D eigenvalue weighted by molar-refractivity contribution is -0.138. The summed E-state index contributed by atoms with van der Waals surface area (Å²) in [7, 11) is 0. The van der Waals surface area contributed by atoms with Crippen LogP contribution in [0.2, 0.25) is 0 Å². The van der Waals surface area contributed by atoms with Gasteiger partial charge in [0.2, 0.25) is 0 Å². The summed E-state index contributed by atoms with van der Waals surface area (Å²) < 4.78 is 0. The molecular formula is C46H94N4O4. The molecule has 0 fully saturated rings. The fraction of sp³-hybridized carbons (Fsp3) is 0.957. The van der Waals surface area contributed by atoms with Crippen LogP contribution in [0, 0.1) is 0 Å². The average molecular weight is 767 g/mol. The Morgan fingerprint density at radius 1 is 0.222 bits per heavy atom. The van der Waals surface area contributed by atoms with Gasteiger partial charge in [0.05, 0.1) is 0 Å². The number of aliphatic carboxylic acids is 2. The van der Waals surface area contributed by atoms with Crippen LogP contribution in [0.1, 0.15) is 231 Å². The maximum absolute atomic E-state index is 10.5. The minimum Gasteiger partial charge on any atom is -0.481 e. The van der Waals surface area contributed by atoms with Gasteiger partial charge in [-0.2, -0.15) is 0 Å². The SMILES string of the molecule is O=C(O)CCCCCCCCCCCCCCCCCNCCCCCCNCCCCCCCCNCCCCCCCCNCCCCCC(=O)O. The van der Waals surface area contributed by atoms with Crippen LogP contribution in [-0.2, 0) is 9.59 Å². The summed E-state index contributed by atoms with van der Waals surface area (Å²) in [5, 5.41) is 31.7. The fourth-order valence-corrected chi connectivity index (χ4v) is 7.30. The largest absolute Gasteiger partial charge is 0.481 e. The van der Waals surface area contributed by atoms with Gasteiger partial charge in [0, 0.05) is 12.8 Å². The maximum atomic E-state index is 10.5. The minimum atomic E-state index is -0.676. The molecule has 0 atom stereocenters. The van der Waals surface area contributed by atoms with E-state index in [9.17, 15) is 9.59 Å². The Kier molecular flexibility index (Phi) is 46.8. The van der Waals surface area contributed by atoms with Gasteiger partial charge in [0.25, 0.3) is 0 Å². The van der Waals surface area contributed by atoms with E-state index < -0.39 is 11.9 Å². The van der Waals surface area contributed by atoms with Gasteiger partial charge in [-0.3, -0.25) is 9.59 Å². The number of hydrogen-bond donors (Lipinski definition) is 6. The normalized spacial score (nSPS) is 11.5. The summed E-state index contributed by atoms with van der Waals surface area (Å²) in [6.07, 6.45) is 44.7. The van der Waals surface area contributed by atoms with Crippen LogP contribution < -0.4 is 21.3 Å².